The molecule has 0 saturated heterocycles. The second kappa shape index (κ2) is 7.52. The summed E-state index contributed by atoms with van der Waals surface area (Å²) in [5, 5.41) is 31.1. The van der Waals surface area contributed by atoms with Crippen LogP contribution in [-0.4, -0.2) is 41.2 Å². The minimum atomic E-state index is -1.15. The highest BCUT2D eigenvalue weighted by molar-refractivity contribution is 5.29. The molecule has 1 aromatic rings. The first kappa shape index (κ1) is 14.3. The molecule has 98 valence electrons. The molecule has 0 radical (unpaired) electrons. The molecule has 0 aliphatic carbocycles. The Morgan fingerprint density at radius 2 is 1.94 bits per heavy atom. The third-order valence-electron chi connectivity index (χ3n) is 2.28. The topological polar surface area (TPSA) is 119 Å². The zero-order valence-electron chi connectivity index (χ0n) is 9.68. The molecule has 0 fully saturated rings. The summed E-state index contributed by atoms with van der Waals surface area (Å²) in [6.45, 7) is -0.0723. The zero-order valence-corrected chi connectivity index (χ0v) is 9.68. The minimum Gasteiger partial charge on any atom is -0.491 e. The lowest BCUT2D eigenvalue weighted by Crippen LogP contribution is -2.21. The van der Waals surface area contributed by atoms with Crippen molar-refractivity contribution in [3.63, 3.8) is 0 Å². The van der Waals surface area contributed by atoms with Crippen molar-refractivity contribution in [2.24, 2.45) is 5.11 Å². The van der Waals surface area contributed by atoms with Crippen molar-refractivity contribution < 1.29 is 20.1 Å². The second-order valence-corrected chi connectivity index (χ2v) is 3.57. The van der Waals surface area contributed by atoms with E-state index in [0.29, 0.717) is 11.3 Å². The highest BCUT2D eigenvalue weighted by atomic mass is 16.5. The van der Waals surface area contributed by atoms with Crippen LogP contribution in [0.3, 0.4) is 0 Å². The van der Waals surface area contributed by atoms with Crippen LogP contribution in [0, 0.1) is 0 Å². The van der Waals surface area contributed by atoms with Gasteiger partial charge in [0.1, 0.15) is 18.5 Å². The SMILES string of the molecule is [N-]=[N+]=NCC(O)C(O)c1ccc(OCCO)cc1. The van der Waals surface area contributed by atoms with Gasteiger partial charge in [0.2, 0.25) is 0 Å². The van der Waals surface area contributed by atoms with Crippen molar-refractivity contribution in [2.45, 2.75) is 12.2 Å². The monoisotopic (exact) mass is 253 g/mol. The first-order valence-corrected chi connectivity index (χ1v) is 5.39. The average molecular weight is 253 g/mol. The first-order chi connectivity index (χ1) is 8.69. The number of aliphatic hydroxyl groups is 3. The molecule has 0 aliphatic heterocycles. The van der Waals surface area contributed by atoms with Crippen molar-refractivity contribution >= 4 is 0 Å². The molecule has 0 bridgehead atoms. The van der Waals surface area contributed by atoms with Gasteiger partial charge in [-0.3, -0.25) is 0 Å². The lowest BCUT2D eigenvalue weighted by atomic mass is 10.0. The fourth-order valence-corrected chi connectivity index (χ4v) is 1.37. The summed E-state index contributed by atoms with van der Waals surface area (Å²) in [7, 11) is 0. The van der Waals surface area contributed by atoms with Gasteiger partial charge in [0, 0.05) is 4.91 Å². The molecule has 0 aromatic heterocycles. The van der Waals surface area contributed by atoms with Gasteiger partial charge in [0.15, 0.2) is 0 Å². The Labute approximate surface area is 104 Å². The van der Waals surface area contributed by atoms with Gasteiger partial charge in [-0.05, 0) is 23.2 Å². The highest BCUT2D eigenvalue weighted by Crippen LogP contribution is 2.20. The quantitative estimate of drug-likeness (QED) is 0.377. The van der Waals surface area contributed by atoms with Crippen LogP contribution in [0.4, 0.5) is 0 Å². The molecule has 0 saturated carbocycles. The Morgan fingerprint density at radius 3 is 2.50 bits per heavy atom. The van der Waals surface area contributed by atoms with Crippen molar-refractivity contribution in [3.05, 3.63) is 40.3 Å². The first-order valence-electron chi connectivity index (χ1n) is 5.39. The van der Waals surface area contributed by atoms with E-state index in [-0.39, 0.29) is 19.8 Å². The Bertz CT molecular complexity index is 403. The van der Waals surface area contributed by atoms with Crippen LogP contribution in [0.1, 0.15) is 11.7 Å². The van der Waals surface area contributed by atoms with Gasteiger partial charge in [-0.2, -0.15) is 0 Å². The maximum Gasteiger partial charge on any atom is 0.119 e. The highest BCUT2D eigenvalue weighted by Gasteiger charge is 2.17. The molecule has 0 spiro atoms. The van der Waals surface area contributed by atoms with Crippen LogP contribution in [0.2, 0.25) is 0 Å². The molecule has 0 aliphatic rings. The molecule has 1 rings (SSSR count). The second-order valence-electron chi connectivity index (χ2n) is 3.57. The fraction of sp³-hybridized carbons (Fsp3) is 0.455. The normalized spacial score (nSPS) is 13.5. The Morgan fingerprint density at radius 1 is 1.28 bits per heavy atom. The van der Waals surface area contributed by atoms with E-state index in [1.165, 1.54) is 0 Å². The smallest absolute Gasteiger partial charge is 0.119 e. The van der Waals surface area contributed by atoms with Crippen molar-refractivity contribution in [2.75, 3.05) is 19.8 Å². The maximum atomic E-state index is 9.77. The largest absolute Gasteiger partial charge is 0.491 e. The van der Waals surface area contributed by atoms with Crippen molar-refractivity contribution in [1.82, 2.24) is 0 Å². The summed E-state index contributed by atoms with van der Waals surface area (Å²) in [4.78, 5) is 2.51. The van der Waals surface area contributed by atoms with Crippen LogP contribution in [0.25, 0.3) is 10.4 Å². The third kappa shape index (κ3) is 4.23. The van der Waals surface area contributed by atoms with Gasteiger partial charge >= 0.3 is 0 Å². The molecule has 0 heterocycles. The number of ether oxygens (including phenoxy) is 1. The van der Waals surface area contributed by atoms with E-state index >= 15 is 0 Å². The molecule has 2 unspecified atom stereocenters. The molecule has 7 heteroatoms. The summed E-state index contributed by atoms with van der Waals surface area (Å²) in [6, 6.07) is 6.43. The summed E-state index contributed by atoms with van der Waals surface area (Å²) in [5.41, 5.74) is 8.61. The Kier molecular flexibility index (Phi) is 5.96. The van der Waals surface area contributed by atoms with E-state index in [2.05, 4.69) is 10.0 Å². The predicted molar refractivity (Wildman–Crippen MR) is 64.0 cm³/mol. The fourth-order valence-electron chi connectivity index (χ4n) is 1.37. The number of azide groups is 1. The molecule has 0 amide bonds. The molecule has 18 heavy (non-hydrogen) atoms. The van der Waals surface area contributed by atoms with Crippen molar-refractivity contribution in [1.29, 1.82) is 0 Å². The van der Waals surface area contributed by atoms with Crippen molar-refractivity contribution in [3.8, 4) is 5.75 Å². The van der Waals surface area contributed by atoms with Gasteiger partial charge in [-0.15, -0.1) is 0 Å². The Hall–Kier alpha value is -1.79. The summed E-state index contributed by atoms with van der Waals surface area (Å²) < 4.78 is 5.15. The number of hydrogen-bond donors (Lipinski definition) is 3. The number of rotatable bonds is 7. The summed E-state index contributed by atoms with van der Waals surface area (Å²) in [5.74, 6) is 0.560. The minimum absolute atomic E-state index is 0.0742. The number of benzene rings is 1. The van der Waals surface area contributed by atoms with E-state index in [0.717, 1.165) is 0 Å². The van der Waals surface area contributed by atoms with Crippen LogP contribution < -0.4 is 4.74 Å². The van der Waals surface area contributed by atoms with E-state index < -0.39 is 12.2 Å². The van der Waals surface area contributed by atoms with Gasteiger partial charge in [-0.25, -0.2) is 0 Å². The van der Waals surface area contributed by atoms with Crippen LogP contribution in [0.5, 0.6) is 5.75 Å². The maximum absolute atomic E-state index is 9.77. The van der Waals surface area contributed by atoms with E-state index in [1.54, 1.807) is 24.3 Å². The zero-order chi connectivity index (χ0) is 13.4. The summed E-state index contributed by atoms with van der Waals surface area (Å²) in [6.07, 6.45) is -2.27. The van der Waals surface area contributed by atoms with E-state index in [4.69, 9.17) is 15.4 Å². The van der Waals surface area contributed by atoms with Gasteiger partial charge in [0.05, 0.1) is 19.3 Å². The average Bonchev–Trinajstić information content (AvgIpc) is 2.42. The molecule has 7 nitrogen and oxygen atoms in total. The lowest BCUT2D eigenvalue weighted by molar-refractivity contribution is 0.0244. The molecule has 1 aromatic carbocycles. The number of nitrogens with zero attached hydrogens (tertiary/aromatic N) is 3. The van der Waals surface area contributed by atoms with E-state index in [9.17, 15) is 10.2 Å². The molecule has 3 N–H and O–H groups in total. The molecular weight excluding hydrogens is 238 g/mol. The number of hydrogen-bond acceptors (Lipinski definition) is 5. The van der Waals surface area contributed by atoms with E-state index in [1.807, 2.05) is 0 Å². The molecule has 2 atom stereocenters. The Balaban J connectivity index is 2.63. The lowest BCUT2D eigenvalue weighted by Gasteiger charge is -2.16. The van der Waals surface area contributed by atoms with Crippen LogP contribution in [0.15, 0.2) is 29.4 Å². The predicted octanol–water partition coefficient (Wildman–Crippen LogP) is 0.762. The van der Waals surface area contributed by atoms with Crippen LogP contribution >= 0.6 is 0 Å². The standard InChI is InChI=1S/C11H15N3O4/c12-14-13-7-10(16)11(17)8-1-3-9(4-2-8)18-6-5-15/h1-4,10-11,15-17H,5-7H2. The van der Waals surface area contributed by atoms with Crippen LogP contribution in [-0.2, 0) is 0 Å². The van der Waals surface area contributed by atoms with Gasteiger partial charge in [0.25, 0.3) is 0 Å². The summed E-state index contributed by atoms with van der Waals surface area (Å²) >= 11 is 0. The third-order valence-corrected chi connectivity index (χ3v) is 2.28. The van der Waals surface area contributed by atoms with Gasteiger partial charge in [-0.1, -0.05) is 17.2 Å². The van der Waals surface area contributed by atoms with Gasteiger partial charge < -0.3 is 20.1 Å². The number of aliphatic hydroxyl groups excluding tert-OH is 3. The molecular formula is C11H15N3O4.